The molecule has 2 aromatic rings. The van der Waals surface area contributed by atoms with Crippen LogP contribution < -0.4 is 5.32 Å². The van der Waals surface area contributed by atoms with Crippen molar-refractivity contribution < 1.29 is 9.18 Å². The first-order valence-electron chi connectivity index (χ1n) is 5.45. The molecule has 0 bridgehead atoms. The number of nitrogens with zero attached hydrogens (tertiary/aromatic N) is 3. The Hall–Kier alpha value is -2.24. The average molecular weight is 248 g/mol. The van der Waals surface area contributed by atoms with E-state index in [1.54, 1.807) is 25.0 Å². The average Bonchev–Trinajstić information content (AvgIpc) is 2.72. The smallest absolute Gasteiger partial charge is 0.251 e. The van der Waals surface area contributed by atoms with Crippen LogP contribution in [0.25, 0.3) is 0 Å². The Morgan fingerprint density at radius 1 is 1.50 bits per heavy atom. The van der Waals surface area contributed by atoms with Crippen LogP contribution in [0.4, 0.5) is 4.39 Å². The summed E-state index contributed by atoms with van der Waals surface area (Å²) in [7, 11) is 1.75. The Bertz CT molecular complexity index is 579. The fourth-order valence-electron chi connectivity index (χ4n) is 1.60. The molecule has 6 heteroatoms. The van der Waals surface area contributed by atoms with Gasteiger partial charge in [0.05, 0.1) is 6.54 Å². The zero-order chi connectivity index (χ0) is 13.1. The molecule has 1 aromatic carbocycles. The van der Waals surface area contributed by atoms with Gasteiger partial charge >= 0.3 is 0 Å². The summed E-state index contributed by atoms with van der Waals surface area (Å²) in [6, 6.07) is 4.06. The second kappa shape index (κ2) is 4.95. The predicted molar refractivity (Wildman–Crippen MR) is 63.3 cm³/mol. The SMILES string of the molecule is Cc1cc(F)ccc1C(=O)NCc1ncn(C)n1. The molecule has 0 spiro atoms. The van der Waals surface area contributed by atoms with Gasteiger partial charge in [-0.25, -0.2) is 9.37 Å². The highest BCUT2D eigenvalue weighted by molar-refractivity contribution is 5.95. The van der Waals surface area contributed by atoms with Crippen LogP contribution >= 0.6 is 0 Å². The maximum Gasteiger partial charge on any atom is 0.251 e. The van der Waals surface area contributed by atoms with Crippen LogP contribution in [0, 0.1) is 12.7 Å². The molecule has 0 aliphatic rings. The van der Waals surface area contributed by atoms with Crippen LogP contribution in [-0.2, 0) is 13.6 Å². The molecule has 0 aliphatic carbocycles. The molecule has 1 N–H and O–H groups in total. The Morgan fingerprint density at radius 2 is 2.28 bits per heavy atom. The topological polar surface area (TPSA) is 59.8 Å². The van der Waals surface area contributed by atoms with Gasteiger partial charge in [-0.15, -0.1) is 0 Å². The lowest BCUT2D eigenvalue weighted by Crippen LogP contribution is -2.24. The molecular formula is C12H13FN4O. The maximum absolute atomic E-state index is 12.9. The van der Waals surface area contributed by atoms with Crippen LogP contribution in [0.1, 0.15) is 21.7 Å². The van der Waals surface area contributed by atoms with Crippen molar-refractivity contribution in [1.82, 2.24) is 20.1 Å². The molecule has 0 aliphatic heterocycles. The molecule has 0 saturated carbocycles. The summed E-state index contributed by atoms with van der Waals surface area (Å²) in [5, 5.41) is 6.73. The number of hydrogen-bond donors (Lipinski definition) is 1. The van der Waals surface area contributed by atoms with Crippen molar-refractivity contribution in [1.29, 1.82) is 0 Å². The van der Waals surface area contributed by atoms with Gasteiger partial charge in [0.1, 0.15) is 12.1 Å². The van der Waals surface area contributed by atoms with Crippen molar-refractivity contribution in [2.75, 3.05) is 0 Å². The minimum Gasteiger partial charge on any atom is -0.345 e. The number of hydrogen-bond acceptors (Lipinski definition) is 3. The summed E-state index contributed by atoms with van der Waals surface area (Å²) >= 11 is 0. The molecule has 1 aromatic heterocycles. The number of benzene rings is 1. The molecule has 2 rings (SSSR count). The molecule has 0 radical (unpaired) electrons. The number of nitrogens with one attached hydrogen (secondary N) is 1. The maximum atomic E-state index is 12.9. The first-order chi connectivity index (χ1) is 8.56. The highest BCUT2D eigenvalue weighted by Gasteiger charge is 2.10. The molecule has 94 valence electrons. The van der Waals surface area contributed by atoms with Gasteiger partial charge in [0.15, 0.2) is 5.82 Å². The van der Waals surface area contributed by atoms with E-state index < -0.39 is 0 Å². The Morgan fingerprint density at radius 3 is 2.89 bits per heavy atom. The van der Waals surface area contributed by atoms with Gasteiger partial charge < -0.3 is 5.32 Å². The van der Waals surface area contributed by atoms with Crippen molar-refractivity contribution in [2.24, 2.45) is 7.05 Å². The molecule has 18 heavy (non-hydrogen) atoms. The summed E-state index contributed by atoms with van der Waals surface area (Å²) < 4.78 is 14.5. The van der Waals surface area contributed by atoms with Gasteiger partial charge in [0, 0.05) is 12.6 Å². The van der Waals surface area contributed by atoms with Gasteiger partial charge in [-0.2, -0.15) is 5.10 Å². The number of carbonyl (C=O) groups is 1. The van der Waals surface area contributed by atoms with Crippen LogP contribution in [-0.4, -0.2) is 20.7 Å². The first-order valence-corrected chi connectivity index (χ1v) is 5.45. The second-order valence-electron chi connectivity index (χ2n) is 3.98. The molecule has 1 amide bonds. The Balaban J connectivity index is 2.03. The van der Waals surface area contributed by atoms with Crippen molar-refractivity contribution in [3.63, 3.8) is 0 Å². The highest BCUT2D eigenvalue weighted by Crippen LogP contribution is 2.09. The van der Waals surface area contributed by atoms with Crippen LogP contribution in [0.3, 0.4) is 0 Å². The van der Waals surface area contributed by atoms with Gasteiger partial charge in [-0.1, -0.05) is 0 Å². The van der Waals surface area contributed by atoms with Crippen LogP contribution in [0.15, 0.2) is 24.5 Å². The lowest BCUT2D eigenvalue weighted by Gasteiger charge is -2.06. The number of amides is 1. The van der Waals surface area contributed by atoms with Gasteiger partial charge in [-0.05, 0) is 30.7 Å². The van der Waals surface area contributed by atoms with Crippen LogP contribution in [0.5, 0.6) is 0 Å². The standard InChI is InChI=1S/C12H13FN4O/c1-8-5-9(13)3-4-10(8)12(18)14-6-11-15-7-17(2)16-11/h3-5,7H,6H2,1-2H3,(H,14,18). The van der Waals surface area contributed by atoms with Gasteiger partial charge in [0.2, 0.25) is 0 Å². The first kappa shape index (κ1) is 12.2. The van der Waals surface area contributed by atoms with E-state index in [0.29, 0.717) is 17.0 Å². The molecule has 0 fully saturated rings. The predicted octanol–water partition coefficient (Wildman–Crippen LogP) is 1.19. The third kappa shape index (κ3) is 2.71. The summed E-state index contributed by atoms with van der Waals surface area (Å²) in [5.41, 5.74) is 1.05. The fourth-order valence-corrected chi connectivity index (χ4v) is 1.60. The Kier molecular flexibility index (Phi) is 3.36. The monoisotopic (exact) mass is 248 g/mol. The fraction of sp³-hybridized carbons (Fsp3) is 0.250. The third-order valence-electron chi connectivity index (χ3n) is 2.49. The van der Waals surface area contributed by atoms with Gasteiger partial charge in [-0.3, -0.25) is 9.48 Å². The Labute approximate surface area is 104 Å². The number of aromatic nitrogens is 3. The van der Waals surface area contributed by atoms with E-state index in [4.69, 9.17) is 0 Å². The minimum absolute atomic E-state index is 0.247. The van der Waals surface area contributed by atoms with E-state index in [1.165, 1.54) is 18.2 Å². The van der Waals surface area contributed by atoms with E-state index in [2.05, 4.69) is 15.4 Å². The van der Waals surface area contributed by atoms with E-state index in [-0.39, 0.29) is 18.3 Å². The molecule has 0 unspecified atom stereocenters. The van der Waals surface area contributed by atoms with E-state index >= 15 is 0 Å². The largest absolute Gasteiger partial charge is 0.345 e. The summed E-state index contributed by atoms with van der Waals surface area (Å²) in [6.07, 6.45) is 1.56. The number of carbonyl (C=O) groups excluding carboxylic acids is 1. The number of rotatable bonds is 3. The lowest BCUT2D eigenvalue weighted by atomic mass is 10.1. The van der Waals surface area contributed by atoms with Crippen molar-refractivity contribution in [3.8, 4) is 0 Å². The molecular weight excluding hydrogens is 235 g/mol. The van der Waals surface area contributed by atoms with E-state index in [9.17, 15) is 9.18 Å². The number of halogens is 1. The van der Waals surface area contributed by atoms with Crippen molar-refractivity contribution in [2.45, 2.75) is 13.5 Å². The minimum atomic E-state index is -0.351. The molecule has 5 nitrogen and oxygen atoms in total. The third-order valence-corrected chi connectivity index (χ3v) is 2.49. The highest BCUT2D eigenvalue weighted by atomic mass is 19.1. The van der Waals surface area contributed by atoms with Crippen molar-refractivity contribution >= 4 is 5.91 Å². The quantitative estimate of drug-likeness (QED) is 0.887. The second-order valence-corrected chi connectivity index (χ2v) is 3.98. The molecule has 0 saturated heterocycles. The zero-order valence-electron chi connectivity index (χ0n) is 10.1. The summed E-state index contributed by atoms with van der Waals surface area (Å²) in [6.45, 7) is 1.94. The summed E-state index contributed by atoms with van der Waals surface area (Å²) in [5.74, 6) is -0.0824. The molecule has 1 heterocycles. The normalized spacial score (nSPS) is 10.4. The van der Waals surface area contributed by atoms with Gasteiger partial charge in [0.25, 0.3) is 5.91 Å². The summed E-state index contributed by atoms with van der Waals surface area (Å²) in [4.78, 5) is 15.9. The number of aryl methyl sites for hydroxylation is 2. The molecule has 0 atom stereocenters. The van der Waals surface area contributed by atoms with Crippen molar-refractivity contribution in [3.05, 3.63) is 47.3 Å². The van der Waals surface area contributed by atoms with Crippen LogP contribution in [0.2, 0.25) is 0 Å². The lowest BCUT2D eigenvalue weighted by molar-refractivity contribution is 0.0949. The van der Waals surface area contributed by atoms with E-state index in [1.807, 2.05) is 0 Å². The zero-order valence-corrected chi connectivity index (χ0v) is 10.1. The van der Waals surface area contributed by atoms with E-state index in [0.717, 1.165) is 0 Å².